The van der Waals surface area contributed by atoms with Gasteiger partial charge in [0.15, 0.2) is 0 Å². The second-order valence-electron chi connectivity index (χ2n) is 27.5. The Morgan fingerprint density at radius 1 is 0.486 bits per heavy atom. The molecule has 7 aromatic carbocycles. The molecule has 0 amide bonds. The van der Waals surface area contributed by atoms with E-state index in [4.69, 9.17) is 8.83 Å². The molecule has 2 aliphatic heterocycles. The third-order valence-electron chi connectivity index (χ3n) is 18.7. The normalized spacial score (nSPS) is 18.3. The summed E-state index contributed by atoms with van der Waals surface area (Å²) in [5.74, 6) is 0. The first kappa shape index (κ1) is 46.3. The first-order valence-electron chi connectivity index (χ1n) is 27.4. The van der Waals surface area contributed by atoms with Crippen LogP contribution in [0.25, 0.3) is 65.1 Å². The van der Waals surface area contributed by atoms with Crippen molar-refractivity contribution in [3.05, 3.63) is 149 Å². The fraction of sp³-hybridized carbons (Fsp3) is 0.353. The van der Waals surface area contributed by atoms with Gasteiger partial charge >= 0.3 is 6.85 Å². The van der Waals surface area contributed by atoms with Gasteiger partial charge in [-0.3, -0.25) is 0 Å². The zero-order chi connectivity index (χ0) is 51.6. The number of anilines is 5. The van der Waals surface area contributed by atoms with E-state index in [0.29, 0.717) is 0 Å². The van der Waals surface area contributed by atoms with Gasteiger partial charge in [0.2, 0.25) is 0 Å². The van der Waals surface area contributed by atoms with Gasteiger partial charge in [0, 0.05) is 76.4 Å². The van der Waals surface area contributed by atoms with Gasteiger partial charge in [0.05, 0.1) is 5.69 Å². The summed E-state index contributed by atoms with van der Waals surface area (Å²) in [5.41, 5.74) is 22.0. The minimum absolute atomic E-state index is 0.000923. The lowest BCUT2D eigenvalue weighted by molar-refractivity contribution is 0.332. The highest BCUT2D eigenvalue weighted by Gasteiger charge is 2.50. The van der Waals surface area contributed by atoms with Crippen LogP contribution in [0.3, 0.4) is 0 Å². The number of para-hydroxylation sites is 1. The van der Waals surface area contributed by atoms with Gasteiger partial charge < -0.3 is 18.5 Å². The summed E-state index contributed by atoms with van der Waals surface area (Å²) in [5, 5.41) is 5.93. The summed E-state index contributed by atoms with van der Waals surface area (Å²) >= 11 is 1.99. The van der Waals surface area contributed by atoms with Crippen LogP contribution < -0.4 is 20.0 Å². The first-order chi connectivity index (χ1) is 34.9. The van der Waals surface area contributed by atoms with Crippen molar-refractivity contribution < 1.29 is 8.83 Å². The molecule has 372 valence electrons. The minimum Gasteiger partial charge on any atom is -0.456 e. The number of rotatable bonds is 2. The highest BCUT2D eigenvalue weighted by Crippen LogP contribution is 2.57. The Labute approximate surface area is 441 Å². The van der Waals surface area contributed by atoms with E-state index in [1.807, 2.05) is 11.3 Å². The second kappa shape index (κ2) is 14.8. The molecule has 14 rings (SSSR count). The van der Waals surface area contributed by atoms with E-state index in [1.54, 1.807) is 0 Å². The standard InChI is InChI=1S/C68H69BN2O2S/c1-63(2,3)38-19-23-40(24-20-38)70-53-34-45-42-17-15-16-18-54(42)73-61(45)58-46-31-43-44-32-48-50(67(11,12)29-27-65(48,7)8)35-55(44)72-56(43)37-52(46)71(41-25-21-39(22-26-41)64(4,5)6)69(59(53)58)62-60(70)47-33-49-51(36-57(47)74-62)68(13,14)30-28-66(49,9)10/h15-26,31-37H,27-30H2,1-14H3. The van der Waals surface area contributed by atoms with Crippen LogP contribution in [0.1, 0.15) is 156 Å². The summed E-state index contributed by atoms with van der Waals surface area (Å²) in [6.07, 6.45) is 4.64. The number of hydrogen-bond donors (Lipinski definition) is 0. The van der Waals surface area contributed by atoms with Gasteiger partial charge in [-0.1, -0.05) is 139 Å². The van der Waals surface area contributed by atoms with Crippen LogP contribution >= 0.6 is 11.3 Å². The molecule has 6 heteroatoms. The van der Waals surface area contributed by atoms with Crippen molar-refractivity contribution in [2.75, 3.05) is 9.71 Å². The van der Waals surface area contributed by atoms with Gasteiger partial charge in [-0.15, -0.1) is 11.3 Å². The highest BCUT2D eigenvalue weighted by atomic mass is 32.1. The van der Waals surface area contributed by atoms with Gasteiger partial charge in [0.25, 0.3) is 0 Å². The van der Waals surface area contributed by atoms with Gasteiger partial charge in [0.1, 0.15) is 22.3 Å². The topological polar surface area (TPSA) is 32.8 Å². The van der Waals surface area contributed by atoms with Crippen LogP contribution in [0.4, 0.5) is 28.4 Å². The van der Waals surface area contributed by atoms with Crippen molar-refractivity contribution in [2.24, 2.45) is 0 Å². The quantitative estimate of drug-likeness (QED) is 0.162. The maximum Gasteiger partial charge on any atom is 0.343 e. The van der Waals surface area contributed by atoms with Crippen LogP contribution in [0, 0.1) is 0 Å². The summed E-state index contributed by atoms with van der Waals surface area (Å²) in [6, 6.07) is 45.1. The van der Waals surface area contributed by atoms with Gasteiger partial charge in [-0.2, -0.15) is 0 Å². The smallest absolute Gasteiger partial charge is 0.343 e. The molecule has 0 bridgehead atoms. The van der Waals surface area contributed by atoms with Crippen LogP contribution in [-0.4, -0.2) is 6.85 Å². The second-order valence-corrected chi connectivity index (χ2v) is 28.6. The Kier molecular flexibility index (Phi) is 9.25. The molecule has 10 aromatic rings. The fourth-order valence-electron chi connectivity index (χ4n) is 13.9. The van der Waals surface area contributed by atoms with Crippen molar-refractivity contribution >= 4 is 111 Å². The van der Waals surface area contributed by atoms with E-state index >= 15 is 0 Å². The number of furan rings is 2. The summed E-state index contributed by atoms with van der Waals surface area (Å²) < 4.78 is 17.2. The Bertz CT molecular complexity index is 4050. The summed E-state index contributed by atoms with van der Waals surface area (Å²) in [7, 11) is 0. The Hall–Kier alpha value is -6.24. The fourth-order valence-corrected chi connectivity index (χ4v) is 15.2. The number of fused-ring (bicyclic) bond motifs is 15. The molecular formula is C68H69BN2O2S. The van der Waals surface area contributed by atoms with E-state index < -0.39 is 0 Å². The molecule has 0 spiro atoms. The van der Waals surface area contributed by atoms with E-state index in [2.05, 4.69) is 222 Å². The molecule has 0 saturated carbocycles. The molecule has 4 nitrogen and oxygen atoms in total. The van der Waals surface area contributed by atoms with E-state index in [-0.39, 0.29) is 39.3 Å². The predicted molar refractivity (Wildman–Crippen MR) is 318 cm³/mol. The molecule has 0 fully saturated rings. The van der Waals surface area contributed by atoms with Crippen molar-refractivity contribution in [3.63, 3.8) is 0 Å². The average molecular weight is 989 g/mol. The molecule has 2 aliphatic carbocycles. The molecule has 0 saturated heterocycles. The third-order valence-corrected chi connectivity index (χ3v) is 19.9. The van der Waals surface area contributed by atoms with Crippen molar-refractivity contribution in [2.45, 2.75) is 155 Å². The maximum atomic E-state index is 7.28. The lowest BCUT2D eigenvalue weighted by Crippen LogP contribution is -2.60. The lowest BCUT2D eigenvalue weighted by Gasteiger charge is -2.45. The van der Waals surface area contributed by atoms with Crippen molar-refractivity contribution in [3.8, 4) is 11.1 Å². The van der Waals surface area contributed by atoms with Crippen LogP contribution in [-0.2, 0) is 32.5 Å². The Balaban J connectivity index is 1.15. The molecule has 0 atom stereocenters. The number of benzene rings is 7. The molecule has 0 unspecified atom stereocenters. The zero-order valence-electron chi connectivity index (χ0n) is 46.0. The number of hydrogen-bond acceptors (Lipinski definition) is 5. The first-order valence-corrected chi connectivity index (χ1v) is 28.2. The Morgan fingerprint density at radius 3 is 1.62 bits per heavy atom. The zero-order valence-corrected chi connectivity index (χ0v) is 46.8. The van der Waals surface area contributed by atoms with Gasteiger partial charge in [-0.05, 0) is 164 Å². The van der Waals surface area contributed by atoms with Crippen LogP contribution in [0.15, 0.2) is 124 Å². The summed E-state index contributed by atoms with van der Waals surface area (Å²) in [4.78, 5) is 5.33. The molecule has 3 aromatic heterocycles. The predicted octanol–water partition coefficient (Wildman–Crippen LogP) is 18.7. The molecular weight excluding hydrogens is 920 g/mol. The SMILES string of the molecule is CC(C)(C)c1ccc(N2B3c4sc5cc6c(cc5c4N(c4ccc(C(C)(C)C)cc4)c4cc5c(oc7ccccc75)c(c43)-c3cc4c(cc32)oc2cc3c(cc24)C(C)(C)CCC3(C)C)C(C)(C)CCC6(C)C)cc1. The van der Waals surface area contributed by atoms with E-state index in [9.17, 15) is 0 Å². The largest absolute Gasteiger partial charge is 0.456 e. The minimum atomic E-state index is -0.183. The molecule has 0 N–H and O–H groups in total. The lowest BCUT2D eigenvalue weighted by atomic mass is 9.46. The van der Waals surface area contributed by atoms with E-state index in [0.717, 1.165) is 69.1 Å². The maximum absolute atomic E-state index is 7.28. The molecule has 74 heavy (non-hydrogen) atoms. The number of thiophene rings is 1. The monoisotopic (exact) mass is 989 g/mol. The van der Waals surface area contributed by atoms with E-state index in [1.165, 1.54) is 93.7 Å². The summed E-state index contributed by atoms with van der Waals surface area (Å²) in [6.45, 7) is 33.2. The highest BCUT2D eigenvalue weighted by molar-refractivity contribution is 7.32. The third kappa shape index (κ3) is 6.45. The number of nitrogens with zero attached hydrogens (tertiary/aromatic N) is 2. The van der Waals surface area contributed by atoms with Gasteiger partial charge in [-0.25, -0.2) is 0 Å². The van der Waals surface area contributed by atoms with Crippen molar-refractivity contribution in [1.29, 1.82) is 0 Å². The molecule has 4 aliphatic rings. The van der Waals surface area contributed by atoms with Crippen molar-refractivity contribution in [1.82, 2.24) is 0 Å². The molecule has 5 heterocycles. The Morgan fingerprint density at radius 2 is 1.01 bits per heavy atom. The average Bonchev–Trinajstić information content (AvgIpc) is 4.08. The molecule has 0 radical (unpaired) electrons. The van der Waals surface area contributed by atoms with Crippen LogP contribution in [0.5, 0.6) is 0 Å². The van der Waals surface area contributed by atoms with Crippen LogP contribution in [0.2, 0.25) is 0 Å².